The quantitative estimate of drug-likeness (QED) is 0.0445. The molecule has 0 saturated carbocycles. The van der Waals surface area contributed by atoms with Gasteiger partial charge in [0.1, 0.15) is 17.9 Å². The van der Waals surface area contributed by atoms with Crippen molar-refractivity contribution in [2.75, 3.05) is 19.6 Å². The van der Waals surface area contributed by atoms with Gasteiger partial charge in [-0.25, -0.2) is 9.78 Å². The number of carbonyl (C=O) groups is 4. The van der Waals surface area contributed by atoms with Gasteiger partial charge in [-0.05, 0) is 46.6 Å². The van der Waals surface area contributed by atoms with E-state index in [0.29, 0.717) is 13.0 Å². The number of carbonyl (C=O) groups excluding carboxylic acids is 4. The number of ketones is 1. The van der Waals surface area contributed by atoms with Gasteiger partial charge in [0.15, 0.2) is 5.96 Å². The Morgan fingerprint density at radius 1 is 1.16 bits per heavy atom. The Labute approximate surface area is 222 Å². The molecule has 3 atom stereocenters. The lowest BCUT2D eigenvalue weighted by atomic mass is 10.1. The minimum absolute atomic E-state index is 0.0933. The smallest absolute Gasteiger partial charge is 0.408 e. The van der Waals surface area contributed by atoms with E-state index in [4.69, 9.17) is 26.4 Å². The molecule has 0 bridgehead atoms. The highest BCUT2D eigenvalue weighted by atomic mass is 16.6. The van der Waals surface area contributed by atoms with Crippen molar-refractivity contribution in [2.45, 2.75) is 77.2 Å². The molecule has 214 valence electrons. The van der Waals surface area contributed by atoms with E-state index in [9.17, 15) is 19.2 Å². The van der Waals surface area contributed by atoms with Crippen LogP contribution in [0, 0.1) is 0 Å². The van der Waals surface area contributed by atoms with Gasteiger partial charge in [-0.1, -0.05) is 13.3 Å². The van der Waals surface area contributed by atoms with Gasteiger partial charge in [0.25, 0.3) is 5.89 Å². The Morgan fingerprint density at radius 3 is 2.45 bits per heavy atom. The van der Waals surface area contributed by atoms with Gasteiger partial charge in [0, 0.05) is 6.54 Å². The van der Waals surface area contributed by atoms with Crippen molar-refractivity contribution in [1.82, 2.24) is 26.3 Å². The highest BCUT2D eigenvalue weighted by Crippen LogP contribution is 2.08. The number of amides is 3. The van der Waals surface area contributed by atoms with Crippen molar-refractivity contribution in [2.24, 2.45) is 22.2 Å². The van der Waals surface area contributed by atoms with Crippen LogP contribution in [0.5, 0.6) is 0 Å². The number of oxazole rings is 1. The first-order valence-electron chi connectivity index (χ1n) is 12.4. The largest absolute Gasteiger partial charge is 0.444 e. The second-order valence-electron chi connectivity index (χ2n) is 9.45. The molecule has 3 amide bonds. The number of hydrogen-bond acceptors (Lipinski definition) is 10. The SMILES string of the molecule is CCCCNC(N)[C@@H](NC(=O)OC(C)(C)C)C(=O)NCC(=O)N[C@@H](CCCN=C(N)N)C(=O)c1ncco1. The molecule has 0 fully saturated rings. The third-order valence-corrected chi connectivity index (χ3v) is 4.89. The molecular weight excluding hydrogens is 498 g/mol. The molecule has 1 heterocycles. The molecule has 0 spiro atoms. The maximum atomic E-state index is 12.9. The lowest BCUT2D eigenvalue weighted by Gasteiger charge is -2.27. The van der Waals surface area contributed by atoms with Crippen LogP contribution in [0.1, 0.15) is 64.1 Å². The first kappa shape index (κ1) is 32.3. The van der Waals surface area contributed by atoms with Crippen LogP contribution in [0.2, 0.25) is 0 Å². The lowest BCUT2D eigenvalue weighted by molar-refractivity contribution is -0.128. The fourth-order valence-electron chi connectivity index (χ4n) is 3.11. The lowest BCUT2D eigenvalue weighted by Crippen LogP contribution is -2.62. The van der Waals surface area contributed by atoms with E-state index < -0.39 is 54.1 Å². The average Bonchev–Trinajstić information content (AvgIpc) is 3.36. The van der Waals surface area contributed by atoms with Crippen LogP contribution in [-0.2, 0) is 14.3 Å². The van der Waals surface area contributed by atoms with Crippen molar-refractivity contribution in [3.05, 3.63) is 18.4 Å². The second kappa shape index (κ2) is 16.2. The van der Waals surface area contributed by atoms with E-state index in [1.54, 1.807) is 20.8 Å². The summed E-state index contributed by atoms with van der Waals surface area (Å²) in [5, 5.41) is 10.4. The van der Waals surface area contributed by atoms with Crippen LogP contribution in [0.25, 0.3) is 0 Å². The van der Waals surface area contributed by atoms with Gasteiger partial charge in [-0.2, -0.15) is 0 Å². The second-order valence-corrected chi connectivity index (χ2v) is 9.45. The third kappa shape index (κ3) is 13.0. The normalized spacial score (nSPS) is 13.5. The molecule has 0 radical (unpaired) electrons. The maximum absolute atomic E-state index is 12.9. The number of aromatic nitrogens is 1. The fraction of sp³-hybridized carbons (Fsp3) is 0.652. The Hall–Kier alpha value is -3.72. The van der Waals surface area contributed by atoms with Crippen LogP contribution >= 0.6 is 0 Å². The van der Waals surface area contributed by atoms with Crippen molar-refractivity contribution in [3.63, 3.8) is 0 Å². The minimum Gasteiger partial charge on any atom is -0.444 e. The summed E-state index contributed by atoms with van der Waals surface area (Å²) in [6, 6.07) is -2.24. The molecule has 0 saturated heterocycles. The molecule has 1 unspecified atom stereocenters. The maximum Gasteiger partial charge on any atom is 0.408 e. The molecule has 38 heavy (non-hydrogen) atoms. The molecule has 15 nitrogen and oxygen atoms in total. The summed E-state index contributed by atoms with van der Waals surface area (Å²) in [7, 11) is 0. The first-order valence-corrected chi connectivity index (χ1v) is 12.4. The number of nitrogens with one attached hydrogen (secondary N) is 4. The zero-order valence-corrected chi connectivity index (χ0v) is 22.4. The summed E-state index contributed by atoms with van der Waals surface area (Å²) in [4.78, 5) is 58.2. The van der Waals surface area contributed by atoms with E-state index in [-0.39, 0.29) is 24.8 Å². The molecule has 0 aliphatic heterocycles. The summed E-state index contributed by atoms with van der Waals surface area (Å²) >= 11 is 0. The van der Waals surface area contributed by atoms with Gasteiger partial charge in [0.05, 0.1) is 24.9 Å². The Balaban J connectivity index is 2.82. The van der Waals surface area contributed by atoms with Crippen LogP contribution in [0.15, 0.2) is 21.9 Å². The van der Waals surface area contributed by atoms with Crippen LogP contribution in [0.3, 0.4) is 0 Å². The molecule has 1 aromatic heterocycles. The molecule has 0 aromatic carbocycles. The molecule has 0 aliphatic rings. The molecule has 1 rings (SSSR count). The number of unbranched alkanes of at least 4 members (excludes halogenated alkanes) is 1. The van der Waals surface area contributed by atoms with E-state index in [2.05, 4.69) is 31.2 Å². The third-order valence-electron chi connectivity index (χ3n) is 4.89. The highest BCUT2D eigenvalue weighted by Gasteiger charge is 2.30. The summed E-state index contributed by atoms with van der Waals surface area (Å²) in [6.07, 6.45) is 3.02. The van der Waals surface area contributed by atoms with Crippen LogP contribution in [0.4, 0.5) is 4.79 Å². The van der Waals surface area contributed by atoms with Crippen molar-refractivity contribution in [3.8, 4) is 0 Å². The van der Waals surface area contributed by atoms with Crippen molar-refractivity contribution < 1.29 is 28.3 Å². The number of nitrogens with two attached hydrogens (primary N) is 3. The minimum atomic E-state index is -1.24. The predicted molar refractivity (Wildman–Crippen MR) is 140 cm³/mol. The van der Waals surface area contributed by atoms with Crippen molar-refractivity contribution in [1.29, 1.82) is 0 Å². The Bertz CT molecular complexity index is 926. The highest BCUT2D eigenvalue weighted by molar-refractivity contribution is 5.99. The number of Topliss-reactive ketones (excluding diaryl/α,β-unsaturated/α-hetero) is 1. The van der Waals surface area contributed by atoms with Gasteiger partial charge >= 0.3 is 6.09 Å². The van der Waals surface area contributed by atoms with E-state index in [1.165, 1.54) is 12.5 Å². The average molecular weight is 540 g/mol. The Morgan fingerprint density at radius 2 is 1.87 bits per heavy atom. The molecule has 0 aliphatic carbocycles. The zero-order chi connectivity index (χ0) is 28.7. The summed E-state index contributed by atoms with van der Waals surface area (Å²) in [5.74, 6) is -2.19. The van der Waals surface area contributed by atoms with Gasteiger partial charge in [0.2, 0.25) is 17.6 Å². The molecule has 10 N–H and O–H groups in total. The van der Waals surface area contributed by atoms with Crippen LogP contribution < -0.4 is 38.5 Å². The van der Waals surface area contributed by atoms with E-state index in [0.717, 1.165) is 12.8 Å². The topological polar surface area (TPSA) is 242 Å². The summed E-state index contributed by atoms with van der Waals surface area (Å²) < 4.78 is 10.3. The number of alkyl carbamates (subject to hydrolysis) is 1. The monoisotopic (exact) mass is 539 g/mol. The number of guanidine groups is 1. The number of rotatable bonds is 16. The van der Waals surface area contributed by atoms with Crippen LogP contribution in [-0.4, -0.2) is 78.1 Å². The number of ether oxygens (including phenoxy) is 1. The zero-order valence-electron chi connectivity index (χ0n) is 22.4. The van der Waals surface area contributed by atoms with Crippen molar-refractivity contribution >= 4 is 29.7 Å². The molecule has 15 heteroatoms. The van der Waals surface area contributed by atoms with E-state index >= 15 is 0 Å². The number of aliphatic imine (C=N–C) groups is 1. The predicted octanol–water partition coefficient (Wildman–Crippen LogP) is -0.920. The van der Waals surface area contributed by atoms with Gasteiger partial charge in [-0.3, -0.25) is 24.7 Å². The molecular formula is C23H41N9O6. The number of hydrogen-bond donors (Lipinski definition) is 7. The molecule has 1 aromatic rings. The Kier molecular flexibility index (Phi) is 13.8. The number of nitrogens with zero attached hydrogens (tertiary/aromatic N) is 2. The van der Waals surface area contributed by atoms with Gasteiger partial charge < -0.3 is 42.3 Å². The van der Waals surface area contributed by atoms with E-state index in [1.807, 2.05) is 6.92 Å². The first-order chi connectivity index (χ1) is 17.8. The standard InChI is InChI=1S/C23H41N9O6/c1-5-6-9-27-18(24)16(32-22(36)38-23(2,3)4)19(35)30-13-15(33)31-14(8-7-10-29-21(25)26)17(34)20-28-11-12-37-20/h11-12,14,16,18,27H,5-10,13,24H2,1-4H3,(H,30,35)(H,31,33)(H,32,36)(H4,25,26,29)/t14-,16+,18?/m0/s1. The van der Waals surface area contributed by atoms with Gasteiger partial charge in [-0.15, -0.1) is 0 Å². The summed E-state index contributed by atoms with van der Waals surface area (Å²) in [6.45, 7) is 7.30. The summed E-state index contributed by atoms with van der Waals surface area (Å²) in [5.41, 5.74) is 15.9. The fourth-order valence-corrected chi connectivity index (χ4v) is 3.11.